The highest BCUT2D eigenvalue weighted by atomic mass is 16.7. The van der Waals surface area contributed by atoms with Gasteiger partial charge in [-0.3, -0.25) is 4.90 Å². The SMILES string of the molecule is CCCCCCCCCCCCCCCOC(=O)OC1=C2O[C@H]3C(C)CC[C@@]4(O)C5CC(C=C1)C2[C@@]34CCN5CC1CC1. The molecule has 4 unspecified atom stereocenters. The van der Waals surface area contributed by atoms with Crippen molar-refractivity contribution in [3.63, 3.8) is 0 Å². The van der Waals surface area contributed by atoms with E-state index in [1.54, 1.807) is 0 Å². The molecule has 0 aromatic carbocycles. The lowest BCUT2D eigenvalue weighted by Gasteiger charge is -2.67. The van der Waals surface area contributed by atoms with E-state index in [9.17, 15) is 9.90 Å². The molecule has 242 valence electrons. The van der Waals surface area contributed by atoms with Gasteiger partial charge < -0.3 is 19.3 Å². The van der Waals surface area contributed by atoms with Gasteiger partial charge in [-0.25, -0.2) is 4.79 Å². The van der Waals surface area contributed by atoms with E-state index in [1.165, 1.54) is 83.5 Å². The molecule has 3 saturated carbocycles. The van der Waals surface area contributed by atoms with Crippen molar-refractivity contribution in [3.8, 4) is 0 Å². The first-order valence-corrected chi connectivity index (χ1v) is 18.4. The van der Waals surface area contributed by atoms with Crippen LogP contribution in [-0.2, 0) is 14.2 Å². The van der Waals surface area contributed by atoms with Crippen molar-refractivity contribution in [1.29, 1.82) is 0 Å². The smallest absolute Gasteiger partial charge is 0.490 e. The predicted molar refractivity (Wildman–Crippen MR) is 169 cm³/mol. The Balaban J connectivity index is 0.965. The molecule has 0 amide bonds. The van der Waals surface area contributed by atoms with Gasteiger partial charge in [-0.05, 0) is 75.3 Å². The van der Waals surface area contributed by atoms with Gasteiger partial charge in [-0.2, -0.15) is 0 Å². The molecule has 0 aromatic heterocycles. The Kier molecular flexibility index (Phi) is 10.1. The van der Waals surface area contributed by atoms with Crippen LogP contribution in [-0.4, -0.2) is 53.6 Å². The summed E-state index contributed by atoms with van der Waals surface area (Å²) >= 11 is 0. The van der Waals surface area contributed by atoms with Crippen molar-refractivity contribution >= 4 is 6.16 Å². The fourth-order valence-corrected chi connectivity index (χ4v) is 9.81. The number of likely N-dealkylation sites (tertiary alicyclic amines) is 1. The third-order valence-corrected chi connectivity index (χ3v) is 12.2. The van der Waals surface area contributed by atoms with Gasteiger partial charge in [0.2, 0.25) is 0 Å². The van der Waals surface area contributed by atoms with E-state index in [2.05, 4.69) is 24.8 Å². The van der Waals surface area contributed by atoms with E-state index in [4.69, 9.17) is 14.2 Å². The number of piperidine rings is 1. The molecule has 0 aromatic rings. The summed E-state index contributed by atoms with van der Waals surface area (Å²) in [6, 6.07) is 0.193. The van der Waals surface area contributed by atoms with Crippen LogP contribution in [0.15, 0.2) is 23.7 Å². The second-order valence-electron chi connectivity index (χ2n) is 15.1. The summed E-state index contributed by atoms with van der Waals surface area (Å²) in [5.41, 5.74) is -1.04. The van der Waals surface area contributed by atoms with Gasteiger partial charge in [0.25, 0.3) is 0 Å². The summed E-state index contributed by atoms with van der Waals surface area (Å²) in [6.45, 7) is 7.12. The van der Waals surface area contributed by atoms with Crippen LogP contribution >= 0.6 is 0 Å². The number of hydrogen-bond donors (Lipinski definition) is 1. The average Bonchev–Trinajstić information content (AvgIpc) is 3.74. The topological polar surface area (TPSA) is 68.2 Å². The molecule has 6 heteroatoms. The van der Waals surface area contributed by atoms with Crippen molar-refractivity contribution in [2.75, 3.05) is 19.7 Å². The number of carbonyl (C=O) groups is 1. The summed E-state index contributed by atoms with van der Waals surface area (Å²) in [7, 11) is 0. The molecule has 0 radical (unpaired) electrons. The summed E-state index contributed by atoms with van der Waals surface area (Å²) in [5.74, 6) is 2.89. The Morgan fingerprint density at radius 2 is 1.65 bits per heavy atom. The maximum atomic E-state index is 12.8. The van der Waals surface area contributed by atoms with Gasteiger partial charge in [0, 0.05) is 23.9 Å². The molecule has 2 aliphatic heterocycles. The molecule has 2 heterocycles. The lowest BCUT2D eigenvalue weighted by Crippen LogP contribution is -2.76. The molecule has 2 bridgehead atoms. The molecule has 1 N–H and O–H groups in total. The van der Waals surface area contributed by atoms with Gasteiger partial charge in [0.1, 0.15) is 11.9 Å². The Hall–Kier alpha value is -1.53. The molecule has 6 aliphatic rings. The minimum Gasteiger partial charge on any atom is -0.490 e. The Labute approximate surface area is 261 Å². The van der Waals surface area contributed by atoms with Gasteiger partial charge in [-0.1, -0.05) is 97.0 Å². The minimum atomic E-state index is -0.745. The molecule has 5 fully saturated rings. The highest BCUT2D eigenvalue weighted by Crippen LogP contribution is 2.70. The molecule has 43 heavy (non-hydrogen) atoms. The number of unbranched alkanes of at least 4 members (excludes halogenated alkanes) is 12. The van der Waals surface area contributed by atoms with Crippen LogP contribution in [0.25, 0.3) is 0 Å². The predicted octanol–water partition coefficient (Wildman–Crippen LogP) is 8.68. The number of rotatable bonds is 17. The van der Waals surface area contributed by atoms with Gasteiger partial charge >= 0.3 is 6.16 Å². The van der Waals surface area contributed by atoms with Crippen LogP contribution in [0, 0.1) is 29.1 Å². The highest BCUT2D eigenvalue weighted by molar-refractivity contribution is 5.62. The van der Waals surface area contributed by atoms with Crippen LogP contribution in [0.3, 0.4) is 0 Å². The third kappa shape index (κ3) is 6.30. The lowest BCUT2D eigenvalue weighted by atomic mass is 9.43. The second-order valence-corrected chi connectivity index (χ2v) is 15.1. The van der Waals surface area contributed by atoms with E-state index in [1.807, 2.05) is 6.08 Å². The molecular weight excluding hydrogens is 538 g/mol. The molecule has 6 nitrogen and oxygen atoms in total. The average molecular weight is 598 g/mol. The Morgan fingerprint density at radius 3 is 2.33 bits per heavy atom. The van der Waals surface area contributed by atoms with Crippen molar-refractivity contribution in [2.24, 2.45) is 29.1 Å². The molecule has 1 spiro atoms. The van der Waals surface area contributed by atoms with Crippen LogP contribution < -0.4 is 0 Å². The molecule has 7 atom stereocenters. The number of allylic oxidation sites excluding steroid dienone is 3. The third-order valence-electron chi connectivity index (χ3n) is 12.2. The zero-order valence-corrected chi connectivity index (χ0v) is 27.2. The summed E-state index contributed by atoms with van der Waals surface area (Å²) in [6.07, 6.45) is 26.7. The number of nitrogens with zero attached hydrogens (tertiary/aromatic N) is 1. The zero-order chi connectivity index (χ0) is 29.9. The van der Waals surface area contributed by atoms with Crippen molar-refractivity contribution in [1.82, 2.24) is 4.90 Å². The fourth-order valence-electron chi connectivity index (χ4n) is 9.81. The Morgan fingerprint density at radius 1 is 0.977 bits per heavy atom. The second kappa shape index (κ2) is 13.8. The number of carbonyl (C=O) groups excluding carboxylic acids is 1. The van der Waals surface area contributed by atoms with E-state index in [0.717, 1.165) is 63.3 Å². The van der Waals surface area contributed by atoms with E-state index in [0.29, 0.717) is 24.2 Å². The van der Waals surface area contributed by atoms with Crippen LogP contribution in [0.1, 0.15) is 136 Å². The molecule has 4 aliphatic carbocycles. The van der Waals surface area contributed by atoms with Crippen LogP contribution in [0.2, 0.25) is 0 Å². The largest absolute Gasteiger partial charge is 0.513 e. The van der Waals surface area contributed by atoms with Crippen molar-refractivity contribution in [3.05, 3.63) is 23.7 Å². The summed E-state index contributed by atoms with van der Waals surface area (Å²) < 4.78 is 18.1. The first kappa shape index (κ1) is 31.5. The zero-order valence-electron chi connectivity index (χ0n) is 27.2. The fraction of sp³-hybridized carbons (Fsp3) is 0.865. The standard InChI is InChI=1S/C37H59NO5/c1-3-4-5-6-7-8-9-10-11-12-13-14-15-24-41-35(39)42-30-19-18-29-25-31-37(40)21-20-27(2)34-36(37,32(29)33(30)43-34)22-23-38(31)26-28-16-17-28/h18-19,27-29,31-32,34,40H,3-17,20-26H2,1-2H3/t27?,29?,31?,32?,34-,36-,37+/m0/s1. The quantitative estimate of drug-likeness (QED) is 0.134. The first-order valence-electron chi connectivity index (χ1n) is 18.4. The maximum absolute atomic E-state index is 12.8. The minimum absolute atomic E-state index is 0.0278. The van der Waals surface area contributed by atoms with Crippen LogP contribution in [0.5, 0.6) is 0 Å². The van der Waals surface area contributed by atoms with E-state index < -0.39 is 11.8 Å². The van der Waals surface area contributed by atoms with Crippen LogP contribution in [0.4, 0.5) is 4.79 Å². The first-order chi connectivity index (χ1) is 21.0. The van der Waals surface area contributed by atoms with Gasteiger partial charge in [-0.15, -0.1) is 0 Å². The normalized spacial score (nSPS) is 35.9. The number of hydrogen-bond acceptors (Lipinski definition) is 6. The van der Waals surface area contributed by atoms with Gasteiger partial charge in [0.05, 0.1) is 12.2 Å². The summed E-state index contributed by atoms with van der Waals surface area (Å²) in [4.78, 5) is 15.4. The molecule has 2 saturated heterocycles. The number of ether oxygens (including phenoxy) is 3. The summed E-state index contributed by atoms with van der Waals surface area (Å²) in [5, 5.41) is 12.6. The monoisotopic (exact) mass is 597 g/mol. The Bertz CT molecular complexity index is 1020. The maximum Gasteiger partial charge on any atom is 0.513 e. The van der Waals surface area contributed by atoms with Gasteiger partial charge in [0.15, 0.2) is 5.76 Å². The van der Waals surface area contributed by atoms with Crippen molar-refractivity contribution in [2.45, 2.75) is 154 Å². The highest BCUT2D eigenvalue weighted by Gasteiger charge is 2.76. The lowest BCUT2D eigenvalue weighted by molar-refractivity contribution is -0.259. The van der Waals surface area contributed by atoms with Crippen molar-refractivity contribution < 1.29 is 24.1 Å². The van der Waals surface area contributed by atoms with E-state index in [-0.39, 0.29) is 23.5 Å². The molecule has 6 rings (SSSR count). The van der Waals surface area contributed by atoms with E-state index >= 15 is 0 Å². The number of aliphatic hydroxyl groups is 1. The molecular formula is C37H59NO5.